The molecule has 1 aliphatic heterocycles. The van der Waals surface area contributed by atoms with E-state index in [4.69, 9.17) is 4.74 Å². The number of rotatable bonds is 3. The van der Waals surface area contributed by atoms with Crippen LogP contribution in [0.25, 0.3) is 0 Å². The predicted molar refractivity (Wildman–Crippen MR) is 101 cm³/mol. The molecule has 7 nitrogen and oxygen atoms in total. The summed E-state index contributed by atoms with van der Waals surface area (Å²) in [5, 5.41) is 3.79. The Kier molecular flexibility index (Phi) is 6.33. The summed E-state index contributed by atoms with van der Waals surface area (Å²) in [7, 11) is -3.32. The van der Waals surface area contributed by atoms with Crippen LogP contribution >= 0.6 is 11.3 Å². The fraction of sp³-hybridized carbons (Fsp3) is 0.647. The molecule has 2 atom stereocenters. The van der Waals surface area contributed by atoms with Crippen molar-refractivity contribution in [2.24, 2.45) is 0 Å². The minimum absolute atomic E-state index is 0.0829. The second-order valence-electron chi connectivity index (χ2n) is 7.35. The maximum atomic E-state index is 12.6. The highest BCUT2D eigenvalue weighted by Crippen LogP contribution is 2.32. The lowest BCUT2D eigenvalue weighted by molar-refractivity contribution is -0.132. The summed E-state index contributed by atoms with van der Waals surface area (Å²) in [6, 6.07) is 2.86. The Labute approximate surface area is 158 Å². The molecule has 1 aromatic rings. The van der Waals surface area contributed by atoms with E-state index in [9.17, 15) is 18.0 Å². The molecular formula is C17H26N2O5S2. The van der Waals surface area contributed by atoms with E-state index in [1.165, 1.54) is 16.2 Å². The van der Waals surface area contributed by atoms with Gasteiger partial charge in [0.2, 0.25) is 5.91 Å². The third-order valence-electron chi connectivity index (χ3n) is 4.02. The van der Waals surface area contributed by atoms with Crippen molar-refractivity contribution < 1.29 is 22.7 Å². The Bertz CT molecular complexity index is 738. The summed E-state index contributed by atoms with van der Waals surface area (Å²) >= 11 is 1.41. The zero-order valence-corrected chi connectivity index (χ0v) is 17.2. The first-order valence-electron chi connectivity index (χ1n) is 8.53. The first-order valence-corrected chi connectivity index (χ1v) is 11.1. The van der Waals surface area contributed by atoms with Gasteiger partial charge in [-0.05, 0) is 45.6 Å². The SMILES string of the molecule is CC(NC(=O)OC(C)(C)C)C(=O)N1CCC(c2cccs2)S(=O)(=O)CC1. The number of amides is 2. The molecule has 146 valence electrons. The molecule has 1 aromatic heterocycles. The highest BCUT2D eigenvalue weighted by atomic mass is 32.2. The van der Waals surface area contributed by atoms with Gasteiger partial charge in [0.25, 0.3) is 0 Å². The third-order valence-corrected chi connectivity index (χ3v) is 7.26. The van der Waals surface area contributed by atoms with Gasteiger partial charge in [0.1, 0.15) is 11.6 Å². The van der Waals surface area contributed by atoms with E-state index >= 15 is 0 Å². The number of hydrogen-bond donors (Lipinski definition) is 1. The summed E-state index contributed by atoms with van der Waals surface area (Å²) < 4.78 is 30.3. The summed E-state index contributed by atoms with van der Waals surface area (Å²) in [6.45, 7) is 7.25. The topological polar surface area (TPSA) is 92.8 Å². The molecule has 0 aromatic carbocycles. The lowest BCUT2D eigenvalue weighted by Gasteiger charge is -2.26. The number of nitrogens with one attached hydrogen (secondary N) is 1. The molecule has 1 N–H and O–H groups in total. The Morgan fingerprint density at radius 3 is 2.62 bits per heavy atom. The van der Waals surface area contributed by atoms with Crippen LogP contribution in [0.1, 0.15) is 44.2 Å². The predicted octanol–water partition coefficient (Wildman–Crippen LogP) is 2.35. The van der Waals surface area contributed by atoms with Crippen LogP contribution in [0, 0.1) is 0 Å². The van der Waals surface area contributed by atoms with Crippen molar-refractivity contribution in [1.82, 2.24) is 10.2 Å². The van der Waals surface area contributed by atoms with E-state index in [-0.39, 0.29) is 18.2 Å². The molecule has 2 amide bonds. The monoisotopic (exact) mass is 402 g/mol. The van der Waals surface area contributed by atoms with E-state index in [1.807, 2.05) is 17.5 Å². The number of thiophene rings is 1. The van der Waals surface area contributed by atoms with Crippen molar-refractivity contribution in [3.63, 3.8) is 0 Å². The van der Waals surface area contributed by atoms with E-state index in [0.717, 1.165) is 4.88 Å². The van der Waals surface area contributed by atoms with Crippen molar-refractivity contribution in [3.8, 4) is 0 Å². The number of hydrogen-bond acceptors (Lipinski definition) is 6. The second kappa shape index (κ2) is 7.96. The first-order chi connectivity index (χ1) is 12.0. The number of alkyl carbamates (subject to hydrolysis) is 1. The summed E-state index contributed by atoms with van der Waals surface area (Å²) in [4.78, 5) is 26.8. The molecule has 2 unspecified atom stereocenters. The highest BCUT2D eigenvalue weighted by Gasteiger charge is 2.34. The second-order valence-corrected chi connectivity index (χ2v) is 10.6. The zero-order chi connectivity index (χ0) is 19.5. The van der Waals surface area contributed by atoms with Gasteiger partial charge in [-0.3, -0.25) is 4.79 Å². The molecule has 0 saturated carbocycles. The van der Waals surface area contributed by atoms with E-state index in [1.54, 1.807) is 27.7 Å². The number of ether oxygens (including phenoxy) is 1. The fourth-order valence-corrected chi connectivity index (χ4v) is 5.78. The van der Waals surface area contributed by atoms with Crippen molar-refractivity contribution in [1.29, 1.82) is 0 Å². The standard InChI is InChI=1S/C17H26N2O5S2/c1-12(18-16(21)24-17(2,3)4)15(20)19-8-7-14(13-6-5-10-25-13)26(22,23)11-9-19/h5-6,10,12,14H,7-9,11H2,1-4H3,(H,18,21). The molecule has 0 spiro atoms. The Balaban J connectivity index is 2.01. The molecule has 26 heavy (non-hydrogen) atoms. The fourth-order valence-electron chi connectivity index (χ4n) is 2.78. The van der Waals surface area contributed by atoms with Crippen LogP contribution in [0.3, 0.4) is 0 Å². The smallest absolute Gasteiger partial charge is 0.408 e. The average Bonchev–Trinajstić information content (AvgIpc) is 2.96. The third kappa shape index (κ3) is 5.44. The molecule has 9 heteroatoms. The van der Waals surface area contributed by atoms with Gasteiger partial charge in [-0.15, -0.1) is 11.3 Å². The van der Waals surface area contributed by atoms with Gasteiger partial charge in [0.15, 0.2) is 9.84 Å². The minimum Gasteiger partial charge on any atom is -0.444 e. The number of nitrogens with zero attached hydrogens (tertiary/aromatic N) is 1. The molecule has 1 fully saturated rings. The van der Waals surface area contributed by atoms with E-state index < -0.39 is 32.8 Å². The Morgan fingerprint density at radius 2 is 2.04 bits per heavy atom. The van der Waals surface area contributed by atoms with Gasteiger partial charge in [0, 0.05) is 18.0 Å². The molecule has 0 radical (unpaired) electrons. The van der Waals surface area contributed by atoms with Gasteiger partial charge in [0.05, 0.1) is 11.0 Å². The van der Waals surface area contributed by atoms with Crippen LogP contribution in [-0.2, 0) is 19.4 Å². The first kappa shape index (κ1) is 20.7. The largest absolute Gasteiger partial charge is 0.444 e. The van der Waals surface area contributed by atoms with Gasteiger partial charge in [-0.25, -0.2) is 13.2 Å². The minimum atomic E-state index is -3.32. The quantitative estimate of drug-likeness (QED) is 0.838. The molecule has 1 saturated heterocycles. The van der Waals surface area contributed by atoms with Crippen LogP contribution in [0.2, 0.25) is 0 Å². The molecule has 1 aliphatic rings. The highest BCUT2D eigenvalue weighted by molar-refractivity contribution is 7.91. The van der Waals surface area contributed by atoms with Crippen molar-refractivity contribution >= 4 is 33.2 Å². The molecule has 2 heterocycles. The zero-order valence-electron chi connectivity index (χ0n) is 15.5. The number of sulfone groups is 1. The maximum Gasteiger partial charge on any atom is 0.408 e. The van der Waals surface area contributed by atoms with Gasteiger partial charge >= 0.3 is 6.09 Å². The number of carbonyl (C=O) groups is 2. The van der Waals surface area contributed by atoms with Crippen LogP contribution in [0.15, 0.2) is 17.5 Å². The molecular weight excluding hydrogens is 376 g/mol. The van der Waals surface area contributed by atoms with Crippen molar-refractivity contribution in [2.75, 3.05) is 18.8 Å². The lowest BCUT2D eigenvalue weighted by atomic mass is 10.2. The van der Waals surface area contributed by atoms with Crippen LogP contribution in [0.4, 0.5) is 4.79 Å². The van der Waals surface area contributed by atoms with Crippen molar-refractivity contribution in [3.05, 3.63) is 22.4 Å². The van der Waals surface area contributed by atoms with Crippen LogP contribution in [-0.4, -0.2) is 55.8 Å². The van der Waals surface area contributed by atoms with Crippen LogP contribution in [0.5, 0.6) is 0 Å². The average molecular weight is 403 g/mol. The number of carbonyl (C=O) groups excluding carboxylic acids is 2. The summed E-state index contributed by atoms with van der Waals surface area (Å²) in [5.74, 6) is -0.390. The maximum absolute atomic E-state index is 12.6. The summed E-state index contributed by atoms with van der Waals surface area (Å²) in [6.07, 6.45) is -0.314. The van der Waals surface area contributed by atoms with Gasteiger partial charge < -0.3 is 15.0 Å². The summed E-state index contributed by atoms with van der Waals surface area (Å²) in [5.41, 5.74) is -0.655. The van der Waals surface area contributed by atoms with Gasteiger partial charge in [-0.2, -0.15) is 0 Å². The molecule has 2 rings (SSSR count). The van der Waals surface area contributed by atoms with Crippen molar-refractivity contribution in [2.45, 2.75) is 51.0 Å². The molecule has 0 aliphatic carbocycles. The van der Waals surface area contributed by atoms with Crippen LogP contribution < -0.4 is 5.32 Å². The Hall–Kier alpha value is -1.61. The molecule has 0 bridgehead atoms. The Morgan fingerprint density at radius 1 is 1.35 bits per heavy atom. The lowest BCUT2D eigenvalue weighted by Crippen LogP contribution is -2.48. The van der Waals surface area contributed by atoms with Gasteiger partial charge in [-0.1, -0.05) is 6.07 Å². The normalized spacial score (nSPS) is 21.5. The van der Waals surface area contributed by atoms with E-state index in [2.05, 4.69) is 5.32 Å². The van der Waals surface area contributed by atoms with E-state index in [0.29, 0.717) is 13.0 Å².